The van der Waals surface area contributed by atoms with Crippen LogP contribution in [-0.2, 0) is 9.53 Å². The molecule has 1 atom stereocenters. The van der Waals surface area contributed by atoms with Crippen LogP contribution in [0.25, 0.3) is 0 Å². The van der Waals surface area contributed by atoms with Crippen LogP contribution in [0.2, 0.25) is 0 Å². The van der Waals surface area contributed by atoms with E-state index in [4.69, 9.17) is 9.47 Å². The number of rotatable bonds is 2. The quantitative estimate of drug-likeness (QED) is 0.829. The number of amides is 2. The minimum Gasteiger partial charge on any atom is -0.476 e. The lowest BCUT2D eigenvalue weighted by atomic mass is 10.1. The summed E-state index contributed by atoms with van der Waals surface area (Å²) in [5, 5.41) is 0. The molecule has 0 unspecified atom stereocenters. The summed E-state index contributed by atoms with van der Waals surface area (Å²) < 4.78 is 11.2. The molecule has 1 fully saturated rings. The van der Waals surface area contributed by atoms with Gasteiger partial charge in [0.05, 0.1) is 25.4 Å². The van der Waals surface area contributed by atoms with Gasteiger partial charge in [-0.2, -0.15) is 0 Å². The van der Waals surface area contributed by atoms with Crippen LogP contribution in [0.5, 0.6) is 5.75 Å². The van der Waals surface area contributed by atoms with Crippen molar-refractivity contribution < 1.29 is 19.1 Å². The molecule has 26 heavy (non-hydrogen) atoms. The highest BCUT2D eigenvalue weighted by atomic mass is 16.5. The molecule has 2 heterocycles. The van der Waals surface area contributed by atoms with Gasteiger partial charge in [-0.25, -0.2) is 0 Å². The van der Waals surface area contributed by atoms with Gasteiger partial charge in [0.1, 0.15) is 5.75 Å². The number of hydrogen-bond donors (Lipinski definition) is 0. The van der Waals surface area contributed by atoms with Gasteiger partial charge in [-0.1, -0.05) is 30.3 Å². The number of nitrogens with zero attached hydrogens (tertiary/aromatic N) is 2. The number of morpholine rings is 1. The zero-order valence-corrected chi connectivity index (χ0v) is 14.3. The van der Waals surface area contributed by atoms with Crippen molar-refractivity contribution >= 4 is 17.5 Å². The highest BCUT2D eigenvalue weighted by molar-refractivity contribution is 6.07. The van der Waals surface area contributed by atoms with E-state index in [9.17, 15) is 9.59 Å². The molecule has 2 aromatic carbocycles. The summed E-state index contributed by atoms with van der Waals surface area (Å²) in [7, 11) is 0. The molecule has 2 aromatic rings. The second-order valence-electron chi connectivity index (χ2n) is 6.29. The van der Waals surface area contributed by atoms with E-state index in [2.05, 4.69) is 0 Å². The third kappa shape index (κ3) is 3.15. The molecule has 2 amide bonds. The van der Waals surface area contributed by atoms with E-state index in [1.54, 1.807) is 28.0 Å². The van der Waals surface area contributed by atoms with Gasteiger partial charge in [0.25, 0.3) is 11.8 Å². The summed E-state index contributed by atoms with van der Waals surface area (Å²) in [4.78, 5) is 29.3. The molecule has 0 aliphatic carbocycles. The normalized spacial score (nSPS) is 19.5. The van der Waals surface area contributed by atoms with E-state index in [-0.39, 0.29) is 18.4 Å². The molecule has 0 spiro atoms. The zero-order chi connectivity index (χ0) is 17.9. The van der Waals surface area contributed by atoms with Crippen LogP contribution in [0.1, 0.15) is 10.4 Å². The van der Waals surface area contributed by atoms with E-state index in [1.165, 1.54) is 0 Å². The van der Waals surface area contributed by atoms with Gasteiger partial charge in [0.2, 0.25) is 0 Å². The maximum Gasteiger partial charge on any atom is 0.265 e. The van der Waals surface area contributed by atoms with Crippen LogP contribution < -0.4 is 9.64 Å². The van der Waals surface area contributed by atoms with Crippen LogP contribution in [0.4, 0.5) is 5.69 Å². The maximum absolute atomic E-state index is 13.0. The Labute approximate surface area is 151 Å². The molecule has 0 bridgehead atoms. The maximum atomic E-state index is 13.0. The van der Waals surface area contributed by atoms with Crippen molar-refractivity contribution in [1.82, 2.24) is 4.90 Å². The van der Waals surface area contributed by atoms with Gasteiger partial charge in [-0.3, -0.25) is 9.59 Å². The first-order chi connectivity index (χ1) is 12.7. The van der Waals surface area contributed by atoms with Crippen molar-refractivity contribution in [1.29, 1.82) is 0 Å². The molecule has 6 nitrogen and oxygen atoms in total. The molecule has 134 valence electrons. The summed E-state index contributed by atoms with van der Waals surface area (Å²) in [6.07, 6.45) is -0.712. The Morgan fingerprint density at radius 3 is 2.38 bits per heavy atom. The lowest BCUT2D eigenvalue weighted by Crippen LogP contribution is -2.54. The molecule has 6 heteroatoms. The summed E-state index contributed by atoms with van der Waals surface area (Å²) in [6.45, 7) is 2.35. The highest BCUT2D eigenvalue weighted by Crippen LogP contribution is 2.34. The monoisotopic (exact) mass is 352 g/mol. The van der Waals surface area contributed by atoms with Gasteiger partial charge in [-0.05, 0) is 24.3 Å². The van der Waals surface area contributed by atoms with Crippen LogP contribution in [0, 0.1) is 0 Å². The number of ether oxygens (including phenoxy) is 2. The van der Waals surface area contributed by atoms with Crippen molar-refractivity contribution in [3.8, 4) is 5.75 Å². The van der Waals surface area contributed by atoms with E-state index in [1.807, 2.05) is 36.4 Å². The lowest BCUT2D eigenvalue weighted by Gasteiger charge is -2.37. The number of carbonyl (C=O) groups excluding carboxylic acids is 2. The van der Waals surface area contributed by atoms with E-state index in [0.717, 1.165) is 0 Å². The summed E-state index contributed by atoms with van der Waals surface area (Å²) in [6, 6.07) is 16.4. The highest BCUT2D eigenvalue weighted by Gasteiger charge is 2.36. The Kier molecular flexibility index (Phi) is 4.58. The first kappa shape index (κ1) is 16.6. The Bertz CT molecular complexity index is 802. The minimum atomic E-state index is -0.712. The van der Waals surface area contributed by atoms with Gasteiger partial charge >= 0.3 is 0 Å². The van der Waals surface area contributed by atoms with E-state index in [0.29, 0.717) is 43.3 Å². The van der Waals surface area contributed by atoms with Gasteiger partial charge in [0, 0.05) is 18.7 Å². The Hall–Kier alpha value is -2.86. The number of fused-ring (bicyclic) bond motifs is 1. The fourth-order valence-electron chi connectivity index (χ4n) is 3.28. The van der Waals surface area contributed by atoms with Crippen molar-refractivity contribution in [2.45, 2.75) is 6.10 Å². The minimum absolute atomic E-state index is 0.103. The Morgan fingerprint density at radius 1 is 0.923 bits per heavy atom. The molecular weight excluding hydrogens is 332 g/mol. The molecular formula is C20H20N2O4. The number of benzene rings is 2. The smallest absolute Gasteiger partial charge is 0.265 e. The zero-order valence-electron chi connectivity index (χ0n) is 14.3. The van der Waals surface area contributed by atoms with Crippen LogP contribution in [-0.4, -0.2) is 55.7 Å². The predicted octanol–water partition coefficient (Wildman–Crippen LogP) is 1.95. The standard InChI is InChI=1S/C20H20N2O4/c23-19(15-6-2-1-3-7-15)22-14-18(20(24)21-10-12-25-13-11-21)26-17-9-5-4-8-16(17)22/h1-9,18H,10-14H2/t18-/m0/s1. The third-order valence-electron chi connectivity index (χ3n) is 4.64. The summed E-state index contributed by atoms with van der Waals surface area (Å²) in [5.41, 5.74) is 1.27. The summed E-state index contributed by atoms with van der Waals surface area (Å²) in [5.74, 6) is 0.310. The Balaban J connectivity index is 1.63. The predicted molar refractivity (Wildman–Crippen MR) is 96.4 cm³/mol. The van der Waals surface area contributed by atoms with Crippen LogP contribution in [0.3, 0.4) is 0 Å². The summed E-state index contributed by atoms with van der Waals surface area (Å²) >= 11 is 0. The molecule has 0 radical (unpaired) electrons. The lowest BCUT2D eigenvalue weighted by molar-refractivity contribution is -0.142. The fourth-order valence-corrected chi connectivity index (χ4v) is 3.28. The molecule has 0 aromatic heterocycles. The first-order valence-corrected chi connectivity index (χ1v) is 8.73. The first-order valence-electron chi connectivity index (χ1n) is 8.73. The topological polar surface area (TPSA) is 59.1 Å². The largest absolute Gasteiger partial charge is 0.476 e. The molecule has 1 saturated heterocycles. The van der Waals surface area contributed by atoms with Crippen LogP contribution >= 0.6 is 0 Å². The molecule has 4 rings (SSSR count). The van der Waals surface area contributed by atoms with Gasteiger partial charge in [0.15, 0.2) is 6.10 Å². The molecule has 2 aliphatic heterocycles. The van der Waals surface area contributed by atoms with Crippen molar-refractivity contribution in [3.63, 3.8) is 0 Å². The van der Waals surface area contributed by atoms with Gasteiger partial charge in [-0.15, -0.1) is 0 Å². The van der Waals surface area contributed by atoms with E-state index >= 15 is 0 Å². The number of anilines is 1. The average molecular weight is 352 g/mol. The fraction of sp³-hybridized carbons (Fsp3) is 0.300. The SMILES string of the molecule is O=C([C@@H]1CN(C(=O)c2ccccc2)c2ccccc2O1)N1CCOCC1. The second kappa shape index (κ2) is 7.17. The van der Waals surface area contributed by atoms with Crippen molar-refractivity contribution in [3.05, 3.63) is 60.2 Å². The Morgan fingerprint density at radius 2 is 1.62 bits per heavy atom. The van der Waals surface area contributed by atoms with Crippen LogP contribution in [0.15, 0.2) is 54.6 Å². The molecule has 2 aliphatic rings. The second-order valence-corrected chi connectivity index (χ2v) is 6.29. The number of hydrogen-bond acceptors (Lipinski definition) is 4. The number of carbonyl (C=O) groups is 2. The van der Waals surface area contributed by atoms with Gasteiger partial charge < -0.3 is 19.3 Å². The third-order valence-corrected chi connectivity index (χ3v) is 4.64. The number of para-hydroxylation sites is 2. The van der Waals surface area contributed by atoms with Crippen molar-refractivity contribution in [2.75, 3.05) is 37.7 Å². The van der Waals surface area contributed by atoms with Crippen molar-refractivity contribution in [2.24, 2.45) is 0 Å². The van der Waals surface area contributed by atoms with E-state index < -0.39 is 6.10 Å². The molecule has 0 saturated carbocycles. The average Bonchev–Trinajstić information content (AvgIpc) is 2.73. The molecule has 0 N–H and O–H groups in total.